The Bertz CT molecular complexity index is 416. The first-order chi connectivity index (χ1) is 8.75. The molecule has 18 heavy (non-hydrogen) atoms. The Balaban J connectivity index is 0.000000659. The highest BCUT2D eigenvalue weighted by Crippen LogP contribution is 2.14. The van der Waals surface area contributed by atoms with E-state index in [1.807, 2.05) is 50.2 Å². The molecule has 4 heteroatoms. The predicted molar refractivity (Wildman–Crippen MR) is 86.8 cm³/mol. The molecule has 0 saturated carbocycles. The maximum Gasteiger partial charge on any atom is 0.0889 e. The van der Waals surface area contributed by atoms with Gasteiger partial charge in [0.05, 0.1) is 11.4 Å². The van der Waals surface area contributed by atoms with Crippen LogP contribution in [0, 0.1) is 13.8 Å². The van der Waals surface area contributed by atoms with Gasteiger partial charge in [0.15, 0.2) is 0 Å². The van der Waals surface area contributed by atoms with Gasteiger partial charge in [-0.1, -0.05) is 12.1 Å². The molecule has 0 unspecified atom stereocenters. The molecule has 0 aliphatic carbocycles. The normalized spacial score (nSPS) is 8.56. The van der Waals surface area contributed by atoms with E-state index in [9.17, 15) is 0 Å². The molecule has 0 fully saturated rings. The predicted octanol–water partition coefficient (Wildman–Crippen LogP) is 3.85. The largest absolute Gasteiger partial charge is 0.251 e. The summed E-state index contributed by atoms with van der Waals surface area (Å²) in [4.78, 5) is 8.84. The van der Waals surface area contributed by atoms with Gasteiger partial charge in [-0.05, 0) is 50.6 Å². The molecule has 0 spiro atoms. The van der Waals surface area contributed by atoms with E-state index in [-0.39, 0.29) is 0 Å². The van der Waals surface area contributed by atoms with Crippen molar-refractivity contribution in [3.05, 3.63) is 47.8 Å². The minimum Gasteiger partial charge on any atom is -0.251 e. The molecule has 0 N–H and O–H groups in total. The quantitative estimate of drug-likeness (QED) is 0.776. The fourth-order valence-electron chi connectivity index (χ4n) is 1.37. The zero-order valence-electron chi connectivity index (χ0n) is 11.3. The van der Waals surface area contributed by atoms with Crippen LogP contribution in [-0.4, -0.2) is 22.5 Å². The third kappa shape index (κ3) is 5.56. The SMILES string of the molecule is CS.CS.Cc1cccc(-c2cccc(C)n2)n1. The molecular weight excluding hydrogens is 260 g/mol. The van der Waals surface area contributed by atoms with Crippen LogP contribution in [0.3, 0.4) is 0 Å². The Labute approximate surface area is 121 Å². The average Bonchev–Trinajstić information content (AvgIpc) is 2.43. The monoisotopic (exact) mass is 280 g/mol. The van der Waals surface area contributed by atoms with Gasteiger partial charge in [-0.3, -0.25) is 9.97 Å². The molecule has 2 aromatic rings. The molecule has 0 aliphatic heterocycles. The minimum atomic E-state index is 0.939. The van der Waals surface area contributed by atoms with E-state index in [4.69, 9.17) is 0 Å². The molecule has 0 aromatic carbocycles. The van der Waals surface area contributed by atoms with Crippen molar-refractivity contribution >= 4 is 25.3 Å². The average molecular weight is 280 g/mol. The van der Waals surface area contributed by atoms with Crippen LogP contribution in [0.5, 0.6) is 0 Å². The molecule has 0 saturated heterocycles. The fourth-order valence-corrected chi connectivity index (χ4v) is 1.37. The fraction of sp³-hybridized carbons (Fsp3) is 0.286. The summed E-state index contributed by atoms with van der Waals surface area (Å²) in [6.07, 6.45) is 3.39. The lowest BCUT2D eigenvalue weighted by atomic mass is 10.2. The van der Waals surface area contributed by atoms with Crippen LogP contribution in [0.15, 0.2) is 36.4 Å². The summed E-state index contributed by atoms with van der Waals surface area (Å²) < 4.78 is 0. The third-order valence-electron chi connectivity index (χ3n) is 2.04. The highest BCUT2D eigenvalue weighted by atomic mass is 32.1. The van der Waals surface area contributed by atoms with Crippen molar-refractivity contribution in [2.24, 2.45) is 0 Å². The van der Waals surface area contributed by atoms with Crippen LogP contribution in [0.2, 0.25) is 0 Å². The maximum atomic E-state index is 4.42. The Morgan fingerprint density at radius 1 is 0.667 bits per heavy atom. The third-order valence-corrected chi connectivity index (χ3v) is 2.04. The lowest BCUT2D eigenvalue weighted by Crippen LogP contribution is -1.90. The zero-order valence-corrected chi connectivity index (χ0v) is 13.0. The van der Waals surface area contributed by atoms with Crippen LogP contribution >= 0.6 is 25.3 Å². The Hall–Kier alpha value is -1.00. The van der Waals surface area contributed by atoms with Crippen LogP contribution < -0.4 is 0 Å². The highest BCUT2D eigenvalue weighted by molar-refractivity contribution is 7.79. The minimum absolute atomic E-state index is 0.939. The van der Waals surface area contributed by atoms with Crippen LogP contribution in [0.1, 0.15) is 11.4 Å². The maximum absolute atomic E-state index is 4.42. The molecule has 2 heterocycles. The van der Waals surface area contributed by atoms with Gasteiger partial charge < -0.3 is 0 Å². The zero-order chi connectivity index (χ0) is 14.0. The molecule has 0 radical (unpaired) electrons. The van der Waals surface area contributed by atoms with Gasteiger partial charge in [-0.15, -0.1) is 0 Å². The lowest BCUT2D eigenvalue weighted by Gasteiger charge is -2.01. The highest BCUT2D eigenvalue weighted by Gasteiger charge is 1.99. The van der Waals surface area contributed by atoms with Gasteiger partial charge in [-0.25, -0.2) is 0 Å². The first kappa shape index (κ1) is 17.0. The topological polar surface area (TPSA) is 25.8 Å². The molecular formula is C14H20N2S2. The smallest absolute Gasteiger partial charge is 0.0889 e. The summed E-state index contributed by atoms with van der Waals surface area (Å²) in [6.45, 7) is 3.97. The van der Waals surface area contributed by atoms with E-state index in [0.29, 0.717) is 0 Å². The van der Waals surface area contributed by atoms with Gasteiger partial charge in [0.2, 0.25) is 0 Å². The van der Waals surface area contributed by atoms with E-state index in [1.165, 1.54) is 0 Å². The molecule has 2 rings (SSSR count). The Morgan fingerprint density at radius 2 is 1.00 bits per heavy atom. The first-order valence-corrected chi connectivity index (χ1v) is 7.32. The summed E-state index contributed by atoms with van der Waals surface area (Å²) in [7, 11) is 0. The molecule has 98 valence electrons. The molecule has 0 amide bonds. The van der Waals surface area contributed by atoms with Crippen molar-refractivity contribution in [2.45, 2.75) is 13.8 Å². The van der Waals surface area contributed by atoms with E-state index < -0.39 is 0 Å². The second-order valence-corrected chi connectivity index (χ2v) is 3.33. The van der Waals surface area contributed by atoms with Crippen molar-refractivity contribution in [2.75, 3.05) is 12.5 Å². The van der Waals surface area contributed by atoms with Gasteiger partial charge in [0.1, 0.15) is 0 Å². The van der Waals surface area contributed by atoms with Crippen molar-refractivity contribution in [3.8, 4) is 11.4 Å². The van der Waals surface area contributed by atoms with Crippen molar-refractivity contribution < 1.29 is 0 Å². The summed E-state index contributed by atoms with van der Waals surface area (Å²) >= 11 is 7.06. The number of aryl methyl sites for hydroxylation is 2. The summed E-state index contributed by atoms with van der Waals surface area (Å²) in [6, 6.07) is 11.9. The number of hydrogen-bond acceptors (Lipinski definition) is 4. The molecule has 0 aliphatic rings. The second-order valence-electron chi connectivity index (χ2n) is 3.33. The van der Waals surface area contributed by atoms with Gasteiger partial charge in [-0.2, -0.15) is 25.3 Å². The van der Waals surface area contributed by atoms with Crippen LogP contribution in [0.25, 0.3) is 11.4 Å². The van der Waals surface area contributed by atoms with Crippen molar-refractivity contribution in [3.63, 3.8) is 0 Å². The number of rotatable bonds is 1. The van der Waals surface area contributed by atoms with Crippen LogP contribution in [-0.2, 0) is 0 Å². The summed E-state index contributed by atoms with van der Waals surface area (Å²) in [5.41, 5.74) is 3.92. The Kier molecular flexibility index (Phi) is 9.42. The lowest BCUT2D eigenvalue weighted by molar-refractivity contribution is 1.15. The summed E-state index contributed by atoms with van der Waals surface area (Å²) in [5.74, 6) is 0. The van der Waals surface area contributed by atoms with E-state index in [2.05, 4.69) is 35.2 Å². The van der Waals surface area contributed by atoms with E-state index >= 15 is 0 Å². The van der Waals surface area contributed by atoms with Crippen molar-refractivity contribution in [1.82, 2.24) is 9.97 Å². The standard InChI is InChI=1S/C12H12N2.2CH4S/c1-9-5-3-7-11(13-9)12-8-4-6-10(2)14-12;2*1-2/h3-8H,1-2H3;2*2H,1H3. The number of thiol groups is 2. The van der Waals surface area contributed by atoms with Gasteiger partial charge >= 0.3 is 0 Å². The number of hydrogen-bond donors (Lipinski definition) is 2. The second kappa shape index (κ2) is 9.97. The van der Waals surface area contributed by atoms with Gasteiger partial charge in [0, 0.05) is 11.4 Å². The first-order valence-electron chi connectivity index (χ1n) is 5.53. The number of nitrogens with zero attached hydrogens (tertiary/aromatic N) is 2. The Morgan fingerprint density at radius 3 is 1.28 bits per heavy atom. The van der Waals surface area contributed by atoms with Crippen LogP contribution in [0.4, 0.5) is 0 Å². The van der Waals surface area contributed by atoms with E-state index in [1.54, 1.807) is 12.5 Å². The van der Waals surface area contributed by atoms with Gasteiger partial charge in [0.25, 0.3) is 0 Å². The molecule has 0 bridgehead atoms. The number of pyridine rings is 2. The number of aromatic nitrogens is 2. The molecule has 2 aromatic heterocycles. The van der Waals surface area contributed by atoms with Crippen molar-refractivity contribution in [1.29, 1.82) is 0 Å². The summed E-state index contributed by atoms with van der Waals surface area (Å²) in [5, 5.41) is 0. The van der Waals surface area contributed by atoms with E-state index in [0.717, 1.165) is 22.8 Å². The molecule has 0 atom stereocenters. The molecule has 2 nitrogen and oxygen atoms in total.